The number of aromatic nitrogens is 4. The number of anilines is 1. The van der Waals surface area contributed by atoms with E-state index < -0.39 is 0 Å². The molecule has 0 bridgehead atoms. The van der Waals surface area contributed by atoms with Gasteiger partial charge in [-0.3, -0.25) is 4.57 Å². The Labute approximate surface area is 151 Å². The number of aliphatic hydroxyl groups excluding tert-OH is 1. The SMILES string of the molecule is OCC1CCC(n2cnc3c(N4CCc5ccccc5C4)ncnc32)O1. The van der Waals surface area contributed by atoms with Crippen molar-refractivity contribution < 1.29 is 9.84 Å². The quantitative estimate of drug-likeness (QED) is 0.778. The first-order valence-electron chi connectivity index (χ1n) is 9.09. The molecule has 0 spiro atoms. The number of aliphatic hydroxyl groups is 1. The molecule has 2 unspecified atom stereocenters. The van der Waals surface area contributed by atoms with Gasteiger partial charge in [0, 0.05) is 13.1 Å². The molecule has 7 nitrogen and oxygen atoms in total. The largest absolute Gasteiger partial charge is 0.394 e. The Balaban J connectivity index is 1.48. The molecule has 0 radical (unpaired) electrons. The third kappa shape index (κ3) is 2.55. The van der Waals surface area contributed by atoms with Crippen LogP contribution < -0.4 is 4.90 Å². The molecule has 1 fully saturated rings. The smallest absolute Gasteiger partial charge is 0.167 e. The van der Waals surface area contributed by atoms with E-state index in [-0.39, 0.29) is 18.9 Å². The summed E-state index contributed by atoms with van der Waals surface area (Å²) in [4.78, 5) is 15.9. The normalized spacial score (nSPS) is 22.7. The van der Waals surface area contributed by atoms with E-state index in [0.717, 1.165) is 49.3 Å². The van der Waals surface area contributed by atoms with E-state index in [1.54, 1.807) is 12.7 Å². The molecule has 4 heterocycles. The van der Waals surface area contributed by atoms with Crippen molar-refractivity contribution in [2.24, 2.45) is 0 Å². The number of imidazole rings is 1. The molecule has 1 saturated heterocycles. The molecule has 1 aromatic carbocycles. The average molecular weight is 351 g/mol. The van der Waals surface area contributed by atoms with Crippen molar-refractivity contribution in [1.29, 1.82) is 0 Å². The van der Waals surface area contributed by atoms with Crippen LogP contribution >= 0.6 is 0 Å². The number of rotatable bonds is 3. The number of ether oxygens (including phenoxy) is 1. The van der Waals surface area contributed by atoms with Crippen LogP contribution in [0.2, 0.25) is 0 Å². The van der Waals surface area contributed by atoms with Gasteiger partial charge in [-0.15, -0.1) is 0 Å². The maximum Gasteiger partial charge on any atom is 0.167 e. The van der Waals surface area contributed by atoms with Crippen molar-refractivity contribution in [3.05, 3.63) is 48.0 Å². The second kappa shape index (κ2) is 6.34. The summed E-state index contributed by atoms with van der Waals surface area (Å²) in [6.07, 6.45) is 5.88. The Morgan fingerprint density at radius 2 is 2.00 bits per heavy atom. The molecule has 5 rings (SSSR count). The predicted octanol–water partition coefficient (Wildman–Crippen LogP) is 2.06. The van der Waals surface area contributed by atoms with Crippen LogP contribution in [0.4, 0.5) is 5.82 Å². The standard InChI is InChI=1S/C19H21N5O2/c25-10-15-5-6-16(26-15)24-12-22-17-18(20-11-21-19(17)24)23-8-7-13-3-1-2-4-14(13)9-23/h1-4,11-12,15-16,25H,5-10H2. The summed E-state index contributed by atoms with van der Waals surface area (Å²) in [5.41, 5.74) is 4.35. The molecule has 0 aliphatic carbocycles. The fourth-order valence-corrected chi connectivity index (χ4v) is 3.98. The predicted molar refractivity (Wildman–Crippen MR) is 96.7 cm³/mol. The number of benzene rings is 1. The minimum atomic E-state index is -0.123. The minimum Gasteiger partial charge on any atom is -0.394 e. The molecule has 7 heteroatoms. The van der Waals surface area contributed by atoms with Crippen LogP contribution in [0.1, 0.15) is 30.2 Å². The first kappa shape index (κ1) is 15.7. The summed E-state index contributed by atoms with van der Waals surface area (Å²) in [7, 11) is 0. The minimum absolute atomic E-state index is 0.0521. The fraction of sp³-hybridized carbons (Fsp3) is 0.421. The first-order valence-corrected chi connectivity index (χ1v) is 9.09. The van der Waals surface area contributed by atoms with Gasteiger partial charge in [0.25, 0.3) is 0 Å². The number of hydrogen-bond acceptors (Lipinski definition) is 6. The molecule has 2 aromatic heterocycles. The van der Waals surface area contributed by atoms with Crippen LogP contribution in [0.25, 0.3) is 11.2 Å². The van der Waals surface area contributed by atoms with E-state index in [9.17, 15) is 5.11 Å². The summed E-state index contributed by atoms with van der Waals surface area (Å²) in [6.45, 7) is 1.81. The van der Waals surface area contributed by atoms with Gasteiger partial charge >= 0.3 is 0 Å². The molecule has 0 saturated carbocycles. The van der Waals surface area contributed by atoms with E-state index in [4.69, 9.17) is 4.74 Å². The van der Waals surface area contributed by atoms with Gasteiger partial charge in [-0.05, 0) is 30.4 Å². The highest BCUT2D eigenvalue weighted by atomic mass is 16.5. The van der Waals surface area contributed by atoms with Crippen molar-refractivity contribution in [2.75, 3.05) is 18.1 Å². The van der Waals surface area contributed by atoms with Crippen molar-refractivity contribution in [3.63, 3.8) is 0 Å². The summed E-state index contributed by atoms with van der Waals surface area (Å²) in [5.74, 6) is 0.875. The van der Waals surface area contributed by atoms with Crippen LogP contribution in [0.15, 0.2) is 36.9 Å². The van der Waals surface area contributed by atoms with Crippen molar-refractivity contribution in [1.82, 2.24) is 19.5 Å². The highest BCUT2D eigenvalue weighted by Crippen LogP contribution is 2.32. The summed E-state index contributed by atoms with van der Waals surface area (Å²) in [6, 6.07) is 8.56. The monoisotopic (exact) mass is 351 g/mol. The zero-order valence-corrected chi connectivity index (χ0v) is 14.5. The van der Waals surface area contributed by atoms with Gasteiger partial charge in [0.15, 0.2) is 17.0 Å². The Morgan fingerprint density at radius 3 is 2.85 bits per heavy atom. The second-order valence-corrected chi connectivity index (χ2v) is 6.93. The van der Waals surface area contributed by atoms with Crippen LogP contribution in [0.5, 0.6) is 0 Å². The van der Waals surface area contributed by atoms with Crippen molar-refractivity contribution in [2.45, 2.75) is 38.1 Å². The van der Waals surface area contributed by atoms with Crippen LogP contribution in [-0.2, 0) is 17.7 Å². The van der Waals surface area contributed by atoms with Crippen molar-refractivity contribution >= 4 is 17.0 Å². The fourth-order valence-electron chi connectivity index (χ4n) is 3.98. The Morgan fingerprint density at radius 1 is 1.12 bits per heavy atom. The van der Waals surface area contributed by atoms with Gasteiger partial charge in [0.05, 0.1) is 19.0 Å². The second-order valence-electron chi connectivity index (χ2n) is 6.93. The van der Waals surface area contributed by atoms with E-state index >= 15 is 0 Å². The Hall–Kier alpha value is -2.51. The van der Waals surface area contributed by atoms with Gasteiger partial charge < -0.3 is 14.7 Å². The first-order chi connectivity index (χ1) is 12.8. The molecule has 2 aliphatic heterocycles. The number of hydrogen-bond donors (Lipinski definition) is 1. The van der Waals surface area contributed by atoms with Gasteiger partial charge in [-0.1, -0.05) is 24.3 Å². The average Bonchev–Trinajstić information content (AvgIpc) is 3.34. The van der Waals surface area contributed by atoms with E-state index in [1.807, 2.05) is 4.57 Å². The van der Waals surface area contributed by atoms with Crippen LogP contribution in [0.3, 0.4) is 0 Å². The van der Waals surface area contributed by atoms with Crippen LogP contribution in [-0.4, -0.2) is 43.9 Å². The van der Waals surface area contributed by atoms with Gasteiger partial charge in [-0.25, -0.2) is 15.0 Å². The molecule has 3 aromatic rings. The van der Waals surface area contributed by atoms with Gasteiger partial charge in [0.1, 0.15) is 12.6 Å². The van der Waals surface area contributed by atoms with E-state index in [2.05, 4.69) is 44.1 Å². The molecule has 26 heavy (non-hydrogen) atoms. The molecule has 2 aliphatic rings. The van der Waals surface area contributed by atoms with Gasteiger partial charge in [0.2, 0.25) is 0 Å². The topological polar surface area (TPSA) is 76.3 Å². The molecular formula is C19H21N5O2. The van der Waals surface area contributed by atoms with E-state index in [1.165, 1.54) is 11.1 Å². The third-order valence-corrected chi connectivity index (χ3v) is 5.37. The van der Waals surface area contributed by atoms with E-state index in [0.29, 0.717) is 0 Å². The lowest BCUT2D eigenvalue weighted by Gasteiger charge is -2.29. The van der Waals surface area contributed by atoms with Crippen molar-refractivity contribution in [3.8, 4) is 0 Å². The third-order valence-electron chi connectivity index (χ3n) is 5.37. The summed E-state index contributed by atoms with van der Waals surface area (Å²) in [5, 5.41) is 9.31. The summed E-state index contributed by atoms with van der Waals surface area (Å²) < 4.78 is 7.86. The lowest BCUT2D eigenvalue weighted by atomic mass is 10.00. The number of fused-ring (bicyclic) bond motifs is 2. The molecule has 1 N–H and O–H groups in total. The lowest BCUT2D eigenvalue weighted by molar-refractivity contribution is -0.0207. The molecular weight excluding hydrogens is 330 g/mol. The highest BCUT2D eigenvalue weighted by molar-refractivity contribution is 5.83. The molecule has 0 amide bonds. The maximum absolute atomic E-state index is 9.31. The molecule has 2 atom stereocenters. The highest BCUT2D eigenvalue weighted by Gasteiger charge is 2.28. The Kier molecular flexibility index (Phi) is 3.83. The lowest BCUT2D eigenvalue weighted by Crippen LogP contribution is -2.31. The van der Waals surface area contributed by atoms with Crippen LogP contribution in [0, 0.1) is 0 Å². The molecule has 134 valence electrons. The zero-order chi connectivity index (χ0) is 17.5. The maximum atomic E-state index is 9.31. The summed E-state index contributed by atoms with van der Waals surface area (Å²) >= 11 is 0. The zero-order valence-electron chi connectivity index (χ0n) is 14.5. The number of nitrogens with zero attached hydrogens (tertiary/aromatic N) is 5. The van der Waals surface area contributed by atoms with Gasteiger partial charge in [-0.2, -0.15) is 0 Å². The Bertz CT molecular complexity index is 941.